The molecule has 2 aromatic carbocycles. The molecule has 0 bridgehead atoms. The zero-order valence-corrected chi connectivity index (χ0v) is 17.8. The fraction of sp³-hybridized carbons (Fsp3) is 0.273. The fourth-order valence-electron chi connectivity index (χ4n) is 3.70. The highest BCUT2D eigenvalue weighted by molar-refractivity contribution is 7.90. The van der Waals surface area contributed by atoms with Gasteiger partial charge in [-0.1, -0.05) is 0 Å². The van der Waals surface area contributed by atoms with Crippen LogP contribution < -0.4 is 4.74 Å². The minimum absolute atomic E-state index is 0.261. The number of esters is 1. The molecule has 30 heavy (non-hydrogen) atoms. The van der Waals surface area contributed by atoms with E-state index in [1.54, 1.807) is 32.2 Å². The van der Waals surface area contributed by atoms with E-state index < -0.39 is 15.8 Å². The molecule has 0 spiro atoms. The largest absolute Gasteiger partial charge is 0.497 e. The topological polar surface area (TPSA) is 87.5 Å². The van der Waals surface area contributed by atoms with E-state index in [9.17, 15) is 13.2 Å². The number of hydrogen-bond donors (Lipinski definition) is 0. The maximum Gasteiger partial charge on any atom is 0.358 e. The number of hydrogen-bond acceptors (Lipinski definition) is 6. The first-order valence-corrected chi connectivity index (χ1v) is 11.5. The molecule has 3 aromatic rings. The van der Waals surface area contributed by atoms with Crippen molar-refractivity contribution in [1.29, 1.82) is 0 Å². The summed E-state index contributed by atoms with van der Waals surface area (Å²) in [7, 11) is -1.71. The van der Waals surface area contributed by atoms with Crippen LogP contribution in [0.1, 0.15) is 28.7 Å². The van der Waals surface area contributed by atoms with Gasteiger partial charge < -0.3 is 9.47 Å². The number of sulfone groups is 1. The fourth-order valence-corrected chi connectivity index (χ4v) is 4.38. The molecule has 1 aromatic heterocycles. The van der Waals surface area contributed by atoms with Crippen molar-refractivity contribution in [2.75, 3.05) is 20.0 Å². The third-order valence-corrected chi connectivity index (χ3v) is 6.25. The molecule has 0 unspecified atom stereocenters. The summed E-state index contributed by atoms with van der Waals surface area (Å²) in [6.45, 7) is 2.02. The van der Waals surface area contributed by atoms with Gasteiger partial charge in [0.05, 0.1) is 30.0 Å². The number of ether oxygens (including phenoxy) is 2. The van der Waals surface area contributed by atoms with Crippen molar-refractivity contribution >= 4 is 15.8 Å². The molecule has 2 heterocycles. The summed E-state index contributed by atoms with van der Waals surface area (Å²) in [5.41, 5.74) is 3.58. The van der Waals surface area contributed by atoms with Crippen LogP contribution in [0.25, 0.3) is 17.1 Å². The van der Waals surface area contributed by atoms with E-state index in [0.29, 0.717) is 30.1 Å². The van der Waals surface area contributed by atoms with Gasteiger partial charge in [0.15, 0.2) is 15.5 Å². The minimum atomic E-state index is -3.31. The quantitative estimate of drug-likeness (QED) is 0.582. The van der Waals surface area contributed by atoms with Crippen molar-refractivity contribution in [3.63, 3.8) is 0 Å². The number of nitrogens with zero attached hydrogens (tertiary/aromatic N) is 2. The highest BCUT2D eigenvalue weighted by Crippen LogP contribution is 2.35. The number of rotatable bonds is 5. The molecule has 7 nitrogen and oxygen atoms in total. The maximum atomic E-state index is 12.6. The van der Waals surface area contributed by atoms with Crippen molar-refractivity contribution in [2.45, 2.75) is 24.7 Å². The molecule has 0 atom stereocenters. The van der Waals surface area contributed by atoms with Crippen LogP contribution in [0.3, 0.4) is 0 Å². The van der Waals surface area contributed by atoms with Crippen molar-refractivity contribution in [1.82, 2.24) is 9.55 Å². The van der Waals surface area contributed by atoms with Gasteiger partial charge in [0.2, 0.25) is 0 Å². The summed E-state index contributed by atoms with van der Waals surface area (Å²) >= 11 is 0. The SMILES string of the molecule is CCOC(=O)c1nc(-c2ccc(OC)cc2)n2c1CCc1cc(S(C)(=O)=O)ccc1-2. The third kappa shape index (κ3) is 3.47. The molecule has 0 N–H and O–H groups in total. The highest BCUT2D eigenvalue weighted by Gasteiger charge is 2.29. The van der Waals surface area contributed by atoms with E-state index in [0.717, 1.165) is 22.5 Å². The lowest BCUT2D eigenvalue weighted by atomic mass is 10.00. The third-order valence-electron chi connectivity index (χ3n) is 5.14. The second-order valence-electron chi connectivity index (χ2n) is 7.08. The van der Waals surface area contributed by atoms with Gasteiger partial charge in [0.25, 0.3) is 0 Å². The Morgan fingerprint density at radius 2 is 1.87 bits per heavy atom. The number of benzene rings is 2. The zero-order chi connectivity index (χ0) is 21.5. The minimum Gasteiger partial charge on any atom is -0.497 e. The molecule has 1 aliphatic rings. The second kappa shape index (κ2) is 7.60. The van der Waals surface area contributed by atoms with Gasteiger partial charge in [-0.3, -0.25) is 4.57 Å². The molecule has 156 valence electrons. The zero-order valence-electron chi connectivity index (χ0n) is 17.0. The van der Waals surface area contributed by atoms with Crippen LogP contribution in [-0.4, -0.2) is 43.9 Å². The second-order valence-corrected chi connectivity index (χ2v) is 9.09. The molecular formula is C22H22N2O5S. The molecule has 1 aliphatic heterocycles. The molecular weight excluding hydrogens is 404 g/mol. The molecule has 0 fully saturated rings. The number of carbonyl (C=O) groups is 1. The maximum absolute atomic E-state index is 12.6. The molecule has 0 saturated carbocycles. The van der Waals surface area contributed by atoms with E-state index in [2.05, 4.69) is 4.98 Å². The number of aromatic nitrogens is 2. The molecule has 0 saturated heterocycles. The molecule has 4 rings (SSSR count). The molecule has 0 radical (unpaired) electrons. The first-order chi connectivity index (χ1) is 14.3. The number of aryl methyl sites for hydroxylation is 1. The van der Waals surface area contributed by atoms with Crippen LogP contribution in [0.4, 0.5) is 0 Å². The summed E-state index contributed by atoms with van der Waals surface area (Å²) in [6, 6.07) is 12.5. The Morgan fingerprint density at radius 1 is 1.13 bits per heavy atom. The first kappa shape index (κ1) is 20.2. The molecule has 0 aliphatic carbocycles. The Kier molecular flexibility index (Phi) is 5.11. The number of fused-ring (bicyclic) bond motifs is 3. The summed E-state index contributed by atoms with van der Waals surface area (Å²) in [6.07, 6.45) is 2.36. The number of methoxy groups -OCH3 is 1. The summed E-state index contributed by atoms with van der Waals surface area (Å²) in [5, 5.41) is 0. The number of imidazole rings is 1. The van der Waals surface area contributed by atoms with Crippen LogP contribution in [0, 0.1) is 0 Å². The standard InChI is InChI=1S/C22H22N2O5S/c1-4-29-22(25)20-19-11-7-15-13-17(30(3,26)27)10-12-18(15)24(19)21(23-20)14-5-8-16(28-2)9-6-14/h5-6,8-10,12-13H,4,7,11H2,1-3H3. The first-order valence-electron chi connectivity index (χ1n) is 9.60. The van der Waals surface area contributed by atoms with E-state index >= 15 is 0 Å². The van der Waals surface area contributed by atoms with Crippen LogP contribution in [-0.2, 0) is 27.4 Å². The van der Waals surface area contributed by atoms with Crippen LogP contribution in [0.15, 0.2) is 47.4 Å². The van der Waals surface area contributed by atoms with E-state index in [4.69, 9.17) is 9.47 Å². The Balaban J connectivity index is 1.93. The lowest BCUT2D eigenvalue weighted by molar-refractivity contribution is 0.0518. The van der Waals surface area contributed by atoms with Gasteiger partial charge in [-0.25, -0.2) is 18.2 Å². The van der Waals surface area contributed by atoms with Crippen molar-refractivity contribution in [3.8, 4) is 22.8 Å². The van der Waals surface area contributed by atoms with Crippen LogP contribution in [0.2, 0.25) is 0 Å². The van der Waals surface area contributed by atoms with Crippen LogP contribution >= 0.6 is 0 Å². The predicted molar refractivity (Wildman–Crippen MR) is 112 cm³/mol. The summed E-state index contributed by atoms with van der Waals surface area (Å²) < 4.78 is 36.4. The van der Waals surface area contributed by atoms with Crippen LogP contribution in [0.5, 0.6) is 5.75 Å². The monoisotopic (exact) mass is 426 g/mol. The van der Waals surface area contributed by atoms with Gasteiger partial charge in [-0.05, 0) is 67.8 Å². The van der Waals surface area contributed by atoms with Crippen molar-refractivity contribution in [2.24, 2.45) is 0 Å². The molecule has 0 amide bonds. The Hall–Kier alpha value is -3.13. The Morgan fingerprint density at radius 3 is 2.50 bits per heavy atom. The van der Waals surface area contributed by atoms with Gasteiger partial charge in [0, 0.05) is 11.8 Å². The van der Waals surface area contributed by atoms with Gasteiger partial charge in [-0.15, -0.1) is 0 Å². The van der Waals surface area contributed by atoms with E-state index in [1.807, 2.05) is 28.8 Å². The normalized spacial score (nSPS) is 12.8. The van der Waals surface area contributed by atoms with Gasteiger partial charge in [0.1, 0.15) is 11.6 Å². The Bertz CT molecular complexity index is 1230. The van der Waals surface area contributed by atoms with E-state index in [-0.39, 0.29) is 11.5 Å². The van der Waals surface area contributed by atoms with Crippen molar-refractivity contribution in [3.05, 3.63) is 59.4 Å². The predicted octanol–water partition coefficient (Wildman–Crippen LogP) is 3.23. The smallest absolute Gasteiger partial charge is 0.358 e. The van der Waals surface area contributed by atoms with Crippen molar-refractivity contribution < 1.29 is 22.7 Å². The Labute approximate surface area is 175 Å². The highest BCUT2D eigenvalue weighted by atomic mass is 32.2. The number of carbonyl (C=O) groups excluding carboxylic acids is 1. The lowest BCUT2D eigenvalue weighted by Crippen LogP contribution is -2.16. The average molecular weight is 426 g/mol. The average Bonchev–Trinajstić information content (AvgIpc) is 3.13. The lowest BCUT2D eigenvalue weighted by Gasteiger charge is -2.22. The van der Waals surface area contributed by atoms with Gasteiger partial charge in [-0.2, -0.15) is 0 Å². The summed E-state index contributed by atoms with van der Waals surface area (Å²) in [5.74, 6) is 0.856. The van der Waals surface area contributed by atoms with Gasteiger partial charge >= 0.3 is 5.97 Å². The van der Waals surface area contributed by atoms with E-state index in [1.165, 1.54) is 6.26 Å². The molecule has 8 heteroatoms. The summed E-state index contributed by atoms with van der Waals surface area (Å²) in [4.78, 5) is 17.5.